The van der Waals surface area contributed by atoms with Gasteiger partial charge in [0.1, 0.15) is 0 Å². The molecule has 5 nitrogen and oxygen atoms in total. The number of aromatic nitrogens is 3. The van der Waals surface area contributed by atoms with Crippen molar-refractivity contribution in [1.82, 2.24) is 25.2 Å². The highest BCUT2D eigenvalue weighted by molar-refractivity contribution is 4.99. The number of rotatable bonds is 3. The molecule has 1 aromatic rings. The molecule has 2 unspecified atom stereocenters. The number of piperazine rings is 1. The van der Waals surface area contributed by atoms with Gasteiger partial charge in [0.15, 0.2) is 0 Å². The minimum Gasteiger partial charge on any atom is -0.311 e. The highest BCUT2D eigenvalue weighted by Crippen LogP contribution is 2.36. The number of hydrogen-bond donors (Lipinski definition) is 1. The van der Waals surface area contributed by atoms with Crippen molar-refractivity contribution < 1.29 is 0 Å². The van der Waals surface area contributed by atoms with Gasteiger partial charge in [-0.1, -0.05) is 5.21 Å². The number of hydrogen-bond acceptors (Lipinski definition) is 4. The van der Waals surface area contributed by atoms with E-state index in [1.807, 2.05) is 13.2 Å². The molecule has 2 atom stereocenters. The van der Waals surface area contributed by atoms with E-state index in [1.165, 1.54) is 12.8 Å². The predicted molar refractivity (Wildman–Crippen MR) is 65.4 cm³/mol. The third-order valence-electron chi connectivity index (χ3n) is 3.83. The van der Waals surface area contributed by atoms with Gasteiger partial charge in [0, 0.05) is 45.0 Å². The van der Waals surface area contributed by atoms with E-state index in [4.69, 9.17) is 0 Å². The van der Waals surface area contributed by atoms with Gasteiger partial charge < -0.3 is 5.32 Å². The van der Waals surface area contributed by atoms with Gasteiger partial charge >= 0.3 is 0 Å². The van der Waals surface area contributed by atoms with Crippen LogP contribution >= 0.6 is 0 Å². The zero-order chi connectivity index (χ0) is 11.8. The lowest BCUT2D eigenvalue weighted by Crippen LogP contribution is -2.55. The standard InChI is InChI=1S/C12H21N5/c1-9-6-17(8-11-7-16(2)15-14-11)12(5-13-9)10-3-4-10/h7,9-10,12-13H,3-6,8H2,1-2H3. The molecule has 1 aliphatic carbocycles. The number of nitrogens with one attached hydrogen (secondary N) is 1. The van der Waals surface area contributed by atoms with Crippen LogP contribution < -0.4 is 5.32 Å². The lowest BCUT2D eigenvalue weighted by atomic mass is 10.1. The van der Waals surface area contributed by atoms with Gasteiger partial charge in [-0.2, -0.15) is 0 Å². The molecule has 0 amide bonds. The van der Waals surface area contributed by atoms with Crippen molar-refractivity contribution >= 4 is 0 Å². The fourth-order valence-corrected chi connectivity index (χ4v) is 2.81. The van der Waals surface area contributed by atoms with Crippen LogP contribution in [0.25, 0.3) is 0 Å². The molecule has 1 aliphatic heterocycles. The van der Waals surface area contributed by atoms with E-state index in [0.717, 1.165) is 31.2 Å². The van der Waals surface area contributed by atoms with Crippen molar-refractivity contribution in [3.05, 3.63) is 11.9 Å². The Morgan fingerprint density at radius 1 is 1.47 bits per heavy atom. The second-order valence-electron chi connectivity index (χ2n) is 5.53. The van der Waals surface area contributed by atoms with Crippen LogP contribution in [-0.4, -0.2) is 45.1 Å². The molecule has 0 spiro atoms. The lowest BCUT2D eigenvalue weighted by Gasteiger charge is -2.39. The maximum Gasteiger partial charge on any atom is 0.0967 e. The second-order valence-corrected chi connectivity index (χ2v) is 5.53. The molecular weight excluding hydrogens is 214 g/mol. The summed E-state index contributed by atoms with van der Waals surface area (Å²) >= 11 is 0. The van der Waals surface area contributed by atoms with Crippen LogP contribution in [0.4, 0.5) is 0 Å². The summed E-state index contributed by atoms with van der Waals surface area (Å²) in [6.45, 7) is 5.46. The van der Waals surface area contributed by atoms with Gasteiger partial charge in [-0.25, -0.2) is 0 Å². The van der Waals surface area contributed by atoms with Gasteiger partial charge in [-0.05, 0) is 25.7 Å². The van der Waals surface area contributed by atoms with Crippen molar-refractivity contribution in [3.8, 4) is 0 Å². The van der Waals surface area contributed by atoms with Crippen molar-refractivity contribution in [2.75, 3.05) is 13.1 Å². The van der Waals surface area contributed by atoms with E-state index in [1.54, 1.807) is 4.68 Å². The van der Waals surface area contributed by atoms with Crippen LogP contribution in [0.2, 0.25) is 0 Å². The Kier molecular flexibility index (Phi) is 2.88. The number of nitrogens with zero attached hydrogens (tertiary/aromatic N) is 4. The lowest BCUT2D eigenvalue weighted by molar-refractivity contribution is 0.110. The third-order valence-corrected chi connectivity index (χ3v) is 3.83. The average Bonchev–Trinajstić information content (AvgIpc) is 3.04. The van der Waals surface area contributed by atoms with Gasteiger partial charge in [0.05, 0.1) is 5.69 Å². The van der Waals surface area contributed by atoms with Crippen LogP contribution in [0.3, 0.4) is 0 Å². The van der Waals surface area contributed by atoms with Crippen LogP contribution in [0, 0.1) is 5.92 Å². The van der Waals surface area contributed by atoms with E-state index in [-0.39, 0.29) is 0 Å². The summed E-state index contributed by atoms with van der Waals surface area (Å²) in [5, 5.41) is 11.8. The fraction of sp³-hybridized carbons (Fsp3) is 0.833. The minimum atomic E-state index is 0.585. The summed E-state index contributed by atoms with van der Waals surface area (Å²) in [4.78, 5) is 2.59. The van der Waals surface area contributed by atoms with Gasteiger partial charge in [-0.15, -0.1) is 5.10 Å². The molecule has 1 saturated carbocycles. The molecule has 0 bridgehead atoms. The smallest absolute Gasteiger partial charge is 0.0967 e. The highest BCUT2D eigenvalue weighted by atomic mass is 15.4. The summed E-state index contributed by atoms with van der Waals surface area (Å²) in [6.07, 6.45) is 4.83. The Balaban J connectivity index is 1.69. The van der Waals surface area contributed by atoms with E-state index in [0.29, 0.717) is 12.1 Å². The van der Waals surface area contributed by atoms with E-state index < -0.39 is 0 Å². The van der Waals surface area contributed by atoms with Gasteiger partial charge in [0.2, 0.25) is 0 Å². The first-order valence-electron chi connectivity index (χ1n) is 6.55. The predicted octanol–water partition coefficient (Wildman–Crippen LogP) is 0.387. The minimum absolute atomic E-state index is 0.585. The zero-order valence-corrected chi connectivity index (χ0v) is 10.6. The van der Waals surface area contributed by atoms with E-state index >= 15 is 0 Å². The monoisotopic (exact) mass is 235 g/mol. The Labute approximate surface area is 102 Å². The first-order valence-corrected chi connectivity index (χ1v) is 6.55. The van der Waals surface area contributed by atoms with Crippen LogP contribution in [0.15, 0.2) is 6.20 Å². The molecule has 2 aliphatic rings. The molecule has 2 fully saturated rings. The van der Waals surface area contributed by atoms with Crippen LogP contribution in [0.1, 0.15) is 25.5 Å². The first-order chi connectivity index (χ1) is 8.22. The molecule has 0 radical (unpaired) electrons. The first kappa shape index (κ1) is 11.2. The van der Waals surface area contributed by atoms with Gasteiger partial charge in [-0.3, -0.25) is 9.58 Å². The molecule has 94 valence electrons. The normalized spacial score (nSPS) is 30.7. The second kappa shape index (κ2) is 4.38. The van der Waals surface area contributed by atoms with E-state index in [9.17, 15) is 0 Å². The average molecular weight is 235 g/mol. The number of aryl methyl sites for hydroxylation is 1. The Hall–Kier alpha value is -0.940. The zero-order valence-electron chi connectivity index (χ0n) is 10.6. The molecule has 5 heteroatoms. The van der Waals surface area contributed by atoms with Crippen molar-refractivity contribution in [2.45, 2.75) is 38.4 Å². The SMILES string of the molecule is CC1CN(Cc2cn(C)nn2)C(C2CC2)CN1. The van der Waals surface area contributed by atoms with Crippen LogP contribution in [-0.2, 0) is 13.6 Å². The maximum atomic E-state index is 4.20. The molecule has 17 heavy (non-hydrogen) atoms. The van der Waals surface area contributed by atoms with Crippen LogP contribution in [0.5, 0.6) is 0 Å². The summed E-state index contributed by atoms with van der Waals surface area (Å²) in [7, 11) is 1.93. The van der Waals surface area contributed by atoms with Crippen molar-refractivity contribution in [1.29, 1.82) is 0 Å². The molecule has 1 saturated heterocycles. The summed E-state index contributed by atoms with van der Waals surface area (Å²) in [5.41, 5.74) is 1.09. The molecular formula is C12H21N5. The Morgan fingerprint density at radius 3 is 2.94 bits per heavy atom. The maximum absolute atomic E-state index is 4.20. The molecule has 2 heterocycles. The van der Waals surface area contributed by atoms with Crippen molar-refractivity contribution in [2.24, 2.45) is 13.0 Å². The van der Waals surface area contributed by atoms with Crippen molar-refractivity contribution in [3.63, 3.8) is 0 Å². The molecule has 1 N–H and O–H groups in total. The molecule has 3 rings (SSSR count). The van der Waals surface area contributed by atoms with Gasteiger partial charge in [0.25, 0.3) is 0 Å². The summed E-state index contributed by atoms with van der Waals surface area (Å²) in [6, 6.07) is 1.29. The molecule has 0 aromatic carbocycles. The largest absolute Gasteiger partial charge is 0.311 e. The Morgan fingerprint density at radius 2 is 2.29 bits per heavy atom. The summed E-state index contributed by atoms with van der Waals surface area (Å²) in [5.74, 6) is 0.909. The fourth-order valence-electron chi connectivity index (χ4n) is 2.81. The summed E-state index contributed by atoms with van der Waals surface area (Å²) < 4.78 is 1.78. The molecule has 1 aromatic heterocycles. The third kappa shape index (κ3) is 2.50. The quantitative estimate of drug-likeness (QED) is 0.823. The van der Waals surface area contributed by atoms with E-state index in [2.05, 4.69) is 27.5 Å². The Bertz CT molecular complexity index is 384. The topological polar surface area (TPSA) is 46.0 Å². The highest BCUT2D eigenvalue weighted by Gasteiger charge is 2.38.